The first-order valence-corrected chi connectivity index (χ1v) is 6.33. The summed E-state index contributed by atoms with van der Waals surface area (Å²) in [7, 11) is 0. The molecule has 4 heteroatoms. The van der Waals surface area contributed by atoms with Gasteiger partial charge in [-0.25, -0.2) is 9.97 Å². The van der Waals surface area contributed by atoms with Crippen LogP contribution in [0.4, 0.5) is 0 Å². The maximum absolute atomic E-state index is 4.67. The lowest BCUT2D eigenvalue weighted by molar-refractivity contribution is 0.606. The molecule has 0 aromatic carbocycles. The second kappa shape index (κ2) is 4.11. The second-order valence-electron chi connectivity index (χ2n) is 4.98. The molecule has 1 fully saturated rings. The van der Waals surface area contributed by atoms with E-state index in [1.165, 1.54) is 24.2 Å². The Morgan fingerprint density at radius 3 is 3.06 bits per heavy atom. The molecule has 2 aromatic rings. The molecule has 1 aliphatic heterocycles. The fourth-order valence-corrected chi connectivity index (χ4v) is 2.61. The largest absolute Gasteiger partial charge is 0.309 e. The average molecular weight is 230 g/mol. The van der Waals surface area contributed by atoms with Crippen molar-refractivity contribution >= 4 is 5.78 Å². The first-order valence-electron chi connectivity index (χ1n) is 6.33. The van der Waals surface area contributed by atoms with Gasteiger partial charge >= 0.3 is 0 Å². The van der Waals surface area contributed by atoms with Gasteiger partial charge in [0.15, 0.2) is 0 Å². The fourth-order valence-electron chi connectivity index (χ4n) is 2.61. The van der Waals surface area contributed by atoms with E-state index in [1.54, 1.807) is 6.20 Å². The van der Waals surface area contributed by atoms with Crippen LogP contribution in [-0.2, 0) is 0 Å². The standard InChI is InChI=1S/C13H18N4/c1-9(2)11-12(10-5-3-6-14-10)17-8-4-7-15-13(17)16-11/h4,7-10,14H,3,5-6H2,1-2H3. The number of hydrogen-bond acceptors (Lipinski definition) is 3. The molecule has 0 amide bonds. The van der Waals surface area contributed by atoms with E-state index in [-0.39, 0.29) is 0 Å². The molecule has 3 heterocycles. The van der Waals surface area contributed by atoms with Gasteiger partial charge in [0, 0.05) is 18.4 Å². The highest BCUT2D eigenvalue weighted by Gasteiger charge is 2.25. The zero-order valence-corrected chi connectivity index (χ0v) is 10.3. The third-order valence-corrected chi connectivity index (χ3v) is 3.41. The molecule has 0 aliphatic carbocycles. The van der Waals surface area contributed by atoms with Crippen LogP contribution in [0, 0.1) is 0 Å². The topological polar surface area (TPSA) is 42.2 Å². The summed E-state index contributed by atoms with van der Waals surface area (Å²) in [6.07, 6.45) is 6.31. The number of nitrogens with zero attached hydrogens (tertiary/aromatic N) is 3. The van der Waals surface area contributed by atoms with E-state index < -0.39 is 0 Å². The van der Waals surface area contributed by atoms with Crippen LogP contribution in [0.15, 0.2) is 18.5 Å². The van der Waals surface area contributed by atoms with E-state index in [9.17, 15) is 0 Å². The van der Waals surface area contributed by atoms with Crippen molar-refractivity contribution in [1.82, 2.24) is 19.7 Å². The smallest absolute Gasteiger partial charge is 0.234 e. The summed E-state index contributed by atoms with van der Waals surface area (Å²) in [6.45, 7) is 5.50. The zero-order chi connectivity index (χ0) is 11.8. The highest BCUT2D eigenvalue weighted by atomic mass is 15.1. The highest BCUT2D eigenvalue weighted by Crippen LogP contribution is 2.30. The van der Waals surface area contributed by atoms with Crippen molar-refractivity contribution in [2.75, 3.05) is 6.54 Å². The maximum Gasteiger partial charge on any atom is 0.234 e. The zero-order valence-electron chi connectivity index (χ0n) is 10.3. The van der Waals surface area contributed by atoms with Crippen molar-refractivity contribution in [2.24, 2.45) is 0 Å². The molecule has 0 spiro atoms. The molecular formula is C13H18N4. The van der Waals surface area contributed by atoms with Gasteiger partial charge in [-0.1, -0.05) is 13.8 Å². The SMILES string of the molecule is CC(C)c1nc2ncccn2c1C1CCCN1. The molecule has 1 atom stereocenters. The number of imidazole rings is 1. The Balaban J connectivity index is 2.20. The average Bonchev–Trinajstić information content (AvgIpc) is 2.94. The number of aromatic nitrogens is 3. The Bertz CT molecular complexity index is 523. The lowest BCUT2D eigenvalue weighted by Crippen LogP contribution is -2.16. The Labute approximate surface area is 101 Å². The summed E-state index contributed by atoms with van der Waals surface area (Å²) in [5.41, 5.74) is 2.49. The molecule has 0 radical (unpaired) electrons. The molecular weight excluding hydrogens is 212 g/mol. The normalized spacial score (nSPS) is 20.5. The van der Waals surface area contributed by atoms with Crippen molar-refractivity contribution in [3.63, 3.8) is 0 Å². The predicted molar refractivity (Wildman–Crippen MR) is 67.1 cm³/mol. The molecule has 1 N–H and O–H groups in total. The maximum atomic E-state index is 4.67. The molecule has 3 rings (SSSR count). The minimum absolute atomic E-state index is 0.437. The van der Waals surface area contributed by atoms with Crippen molar-refractivity contribution in [3.05, 3.63) is 29.8 Å². The summed E-state index contributed by atoms with van der Waals surface area (Å²) in [5, 5.41) is 3.56. The van der Waals surface area contributed by atoms with Gasteiger partial charge in [0.05, 0.1) is 11.4 Å². The number of fused-ring (bicyclic) bond motifs is 1. The lowest BCUT2D eigenvalue weighted by Gasteiger charge is -2.13. The summed E-state index contributed by atoms with van der Waals surface area (Å²) in [5.74, 6) is 1.26. The Morgan fingerprint density at radius 1 is 1.47 bits per heavy atom. The van der Waals surface area contributed by atoms with E-state index in [0.29, 0.717) is 12.0 Å². The van der Waals surface area contributed by atoms with Crippen LogP contribution in [0.2, 0.25) is 0 Å². The van der Waals surface area contributed by atoms with Gasteiger partial charge in [0.1, 0.15) is 0 Å². The molecule has 0 saturated carbocycles. The fraction of sp³-hybridized carbons (Fsp3) is 0.538. The number of nitrogens with one attached hydrogen (secondary N) is 1. The second-order valence-corrected chi connectivity index (χ2v) is 4.98. The molecule has 90 valence electrons. The van der Waals surface area contributed by atoms with Crippen molar-refractivity contribution in [2.45, 2.75) is 38.6 Å². The summed E-state index contributed by atoms with van der Waals surface area (Å²) >= 11 is 0. The van der Waals surface area contributed by atoms with Crippen LogP contribution in [-0.4, -0.2) is 20.9 Å². The van der Waals surface area contributed by atoms with Gasteiger partial charge < -0.3 is 5.32 Å². The monoisotopic (exact) mass is 230 g/mol. The predicted octanol–water partition coefficient (Wildman–Crippen LogP) is 2.28. The van der Waals surface area contributed by atoms with Crippen LogP contribution in [0.3, 0.4) is 0 Å². The van der Waals surface area contributed by atoms with E-state index in [1.807, 2.05) is 6.07 Å². The lowest BCUT2D eigenvalue weighted by atomic mass is 10.0. The number of hydrogen-bond donors (Lipinski definition) is 1. The van der Waals surface area contributed by atoms with Crippen molar-refractivity contribution in [1.29, 1.82) is 0 Å². The molecule has 4 nitrogen and oxygen atoms in total. The summed E-state index contributed by atoms with van der Waals surface area (Å²) in [6, 6.07) is 2.41. The van der Waals surface area contributed by atoms with Crippen LogP contribution in [0.25, 0.3) is 5.78 Å². The third-order valence-electron chi connectivity index (χ3n) is 3.41. The van der Waals surface area contributed by atoms with Crippen molar-refractivity contribution in [3.8, 4) is 0 Å². The minimum atomic E-state index is 0.437. The molecule has 1 saturated heterocycles. The first kappa shape index (κ1) is 10.7. The van der Waals surface area contributed by atoms with E-state index in [0.717, 1.165) is 12.3 Å². The van der Waals surface area contributed by atoms with Gasteiger partial charge in [-0.15, -0.1) is 0 Å². The molecule has 0 bridgehead atoms. The minimum Gasteiger partial charge on any atom is -0.309 e. The van der Waals surface area contributed by atoms with Gasteiger partial charge in [0.2, 0.25) is 5.78 Å². The van der Waals surface area contributed by atoms with E-state index in [4.69, 9.17) is 0 Å². The van der Waals surface area contributed by atoms with Gasteiger partial charge in [0.25, 0.3) is 0 Å². The Hall–Kier alpha value is -1.42. The van der Waals surface area contributed by atoms with E-state index >= 15 is 0 Å². The number of rotatable bonds is 2. The Morgan fingerprint density at radius 2 is 2.35 bits per heavy atom. The first-order chi connectivity index (χ1) is 8.27. The van der Waals surface area contributed by atoms with Crippen molar-refractivity contribution < 1.29 is 0 Å². The van der Waals surface area contributed by atoms with E-state index in [2.05, 4.69) is 39.7 Å². The molecule has 2 aromatic heterocycles. The molecule has 1 aliphatic rings. The van der Waals surface area contributed by atoms with Gasteiger partial charge in [-0.05, 0) is 31.4 Å². The summed E-state index contributed by atoms with van der Waals surface area (Å²) in [4.78, 5) is 9.01. The van der Waals surface area contributed by atoms with Gasteiger partial charge in [-0.2, -0.15) is 0 Å². The summed E-state index contributed by atoms with van der Waals surface area (Å²) < 4.78 is 2.14. The Kier molecular flexibility index (Phi) is 2.59. The van der Waals surface area contributed by atoms with Crippen LogP contribution < -0.4 is 5.32 Å². The van der Waals surface area contributed by atoms with Gasteiger partial charge in [-0.3, -0.25) is 4.40 Å². The molecule has 1 unspecified atom stereocenters. The third kappa shape index (κ3) is 1.72. The van der Waals surface area contributed by atoms with Crippen LogP contribution >= 0.6 is 0 Å². The van der Waals surface area contributed by atoms with Crippen LogP contribution in [0.1, 0.15) is 50.0 Å². The molecule has 17 heavy (non-hydrogen) atoms. The van der Waals surface area contributed by atoms with Crippen LogP contribution in [0.5, 0.6) is 0 Å². The quantitative estimate of drug-likeness (QED) is 0.860. The highest BCUT2D eigenvalue weighted by molar-refractivity contribution is 5.38.